The second-order valence-corrected chi connectivity index (χ2v) is 3.24. The van der Waals surface area contributed by atoms with Gasteiger partial charge in [0.2, 0.25) is 0 Å². The van der Waals surface area contributed by atoms with Gasteiger partial charge in [-0.3, -0.25) is 0 Å². The fourth-order valence-electron chi connectivity index (χ4n) is 1.46. The summed E-state index contributed by atoms with van der Waals surface area (Å²) < 4.78 is 0. The Morgan fingerprint density at radius 3 is 2.87 bits per heavy atom. The van der Waals surface area contributed by atoms with Gasteiger partial charge >= 0.3 is 0 Å². The van der Waals surface area contributed by atoms with Crippen molar-refractivity contribution < 1.29 is 5.11 Å². The second-order valence-electron chi connectivity index (χ2n) is 3.24. The minimum Gasteiger partial charge on any atom is -0.395 e. The number of aromatic nitrogens is 1. The van der Waals surface area contributed by atoms with E-state index in [0.717, 1.165) is 12.1 Å². The van der Waals surface area contributed by atoms with E-state index in [4.69, 9.17) is 10.4 Å². The van der Waals surface area contributed by atoms with Crippen molar-refractivity contribution >= 4 is 5.82 Å². The lowest BCUT2D eigenvalue weighted by atomic mass is 10.1. The zero-order valence-corrected chi connectivity index (χ0v) is 9.06. The van der Waals surface area contributed by atoms with E-state index in [1.165, 1.54) is 0 Å². The summed E-state index contributed by atoms with van der Waals surface area (Å²) in [6.07, 6.45) is 1.69. The first-order chi connectivity index (χ1) is 7.24. The van der Waals surface area contributed by atoms with Crippen molar-refractivity contribution in [2.75, 3.05) is 24.6 Å². The molecule has 0 bridgehead atoms. The Balaban J connectivity index is 3.12. The summed E-state index contributed by atoms with van der Waals surface area (Å²) in [7, 11) is 0. The zero-order chi connectivity index (χ0) is 11.3. The molecule has 0 saturated heterocycles. The highest BCUT2D eigenvalue weighted by Crippen LogP contribution is 2.19. The molecule has 0 unspecified atom stereocenters. The standard InChI is InChI=1S/C11H15N3O/c1-3-14(6-7-15)11-10(8-12)9(2)4-5-13-11/h4-5,15H,3,6-7H2,1-2H3. The number of likely N-dealkylation sites (N-methyl/N-ethyl adjacent to an activating group) is 1. The lowest BCUT2D eigenvalue weighted by Gasteiger charge is -2.22. The molecule has 1 rings (SSSR count). The number of pyridine rings is 1. The Hall–Kier alpha value is -1.60. The first-order valence-corrected chi connectivity index (χ1v) is 4.96. The quantitative estimate of drug-likeness (QED) is 0.799. The number of anilines is 1. The topological polar surface area (TPSA) is 60.1 Å². The molecule has 15 heavy (non-hydrogen) atoms. The molecule has 4 heteroatoms. The maximum Gasteiger partial charge on any atom is 0.146 e. The van der Waals surface area contributed by atoms with Crippen molar-refractivity contribution in [3.63, 3.8) is 0 Å². The molecule has 0 amide bonds. The van der Waals surface area contributed by atoms with E-state index in [1.807, 2.05) is 24.8 Å². The summed E-state index contributed by atoms with van der Waals surface area (Å²) in [5, 5.41) is 17.9. The van der Waals surface area contributed by atoms with Gasteiger partial charge in [-0.05, 0) is 25.5 Å². The molecular weight excluding hydrogens is 190 g/mol. The summed E-state index contributed by atoms with van der Waals surface area (Å²) in [6, 6.07) is 3.97. The highest BCUT2D eigenvalue weighted by molar-refractivity contribution is 5.57. The lowest BCUT2D eigenvalue weighted by Crippen LogP contribution is -2.28. The van der Waals surface area contributed by atoms with Crippen molar-refractivity contribution in [1.82, 2.24) is 4.98 Å². The number of nitriles is 1. The summed E-state index contributed by atoms with van der Waals surface area (Å²) in [5.74, 6) is 0.661. The Kier molecular flexibility index (Phi) is 4.07. The molecule has 1 heterocycles. The average molecular weight is 205 g/mol. The minimum absolute atomic E-state index is 0.0638. The Morgan fingerprint density at radius 1 is 1.60 bits per heavy atom. The van der Waals surface area contributed by atoms with Crippen LogP contribution in [0.3, 0.4) is 0 Å². The Labute approximate surface area is 89.8 Å². The second kappa shape index (κ2) is 5.32. The number of rotatable bonds is 4. The van der Waals surface area contributed by atoms with Gasteiger partial charge < -0.3 is 10.0 Å². The fraction of sp³-hybridized carbons (Fsp3) is 0.455. The predicted molar refractivity (Wildman–Crippen MR) is 58.7 cm³/mol. The molecule has 1 aromatic heterocycles. The molecule has 1 aromatic rings. The first-order valence-electron chi connectivity index (χ1n) is 4.96. The van der Waals surface area contributed by atoms with Gasteiger partial charge in [0, 0.05) is 19.3 Å². The maximum atomic E-state index is 9.03. The third-order valence-electron chi connectivity index (χ3n) is 2.30. The summed E-state index contributed by atoms with van der Waals surface area (Å²) in [6.45, 7) is 5.15. The molecular formula is C11H15N3O. The van der Waals surface area contributed by atoms with Gasteiger partial charge in [-0.15, -0.1) is 0 Å². The van der Waals surface area contributed by atoms with Crippen molar-refractivity contribution in [2.24, 2.45) is 0 Å². The van der Waals surface area contributed by atoms with Crippen LogP contribution in [0.1, 0.15) is 18.1 Å². The number of hydrogen-bond donors (Lipinski definition) is 1. The van der Waals surface area contributed by atoms with E-state index in [9.17, 15) is 0 Å². The molecule has 0 aliphatic rings. The van der Waals surface area contributed by atoms with Gasteiger partial charge in [-0.1, -0.05) is 0 Å². The monoisotopic (exact) mass is 205 g/mol. The summed E-state index contributed by atoms with van der Waals surface area (Å²) >= 11 is 0. The van der Waals surface area contributed by atoms with Crippen LogP contribution in [0.4, 0.5) is 5.82 Å². The van der Waals surface area contributed by atoms with E-state index >= 15 is 0 Å². The van der Waals surface area contributed by atoms with Crippen LogP contribution >= 0.6 is 0 Å². The zero-order valence-electron chi connectivity index (χ0n) is 9.06. The van der Waals surface area contributed by atoms with E-state index in [-0.39, 0.29) is 6.61 Å². The third kappa shape index (κ3) is 2.45. The largest absolute Gasteiger partial charge is 0.395 e. The van der Waals surface area contributed by atoms with Gasteiger partial charge in [0.25, 0.3) is 0 Å². The molecule has 4 nitrogen and oxygen atoms in total. The van der Waals surface area contributed by atoms with Crippen LogP contribution in [0.25, 0.3) is 0 Å². The number of nitrogens with zero attached hydrogens (tertiary/aromatic N) is 3. The number of aryl methyl sites for hydroxylation is 1. The predicted octanol–water partition coefficient (Wildman–Crippen LogP) is 1.08. The van der Waals surface area contributed by atoms with Crippen LogP contribution in [0.15, 0.2) is 12.3 Å². The molecule has 0 atom stereocenters. The van der Waals surface area contributed by atoms with E-state index in [1.54, 1.807) is 6.20 Å². The van der Waals surface area contributed by atoms with Crippen LogP contribution in [0.5, 0.6) is 0 Å². The molecule has 0 fully saturated rings. The molecule has 0 aliphatic heterocycles. The van der Waals surface area contributed by atoms with Gasteiger partial charge in [0.05, 0.1) is 12.2 Å². The van der Waals surface area contributed by atoms with Crippen molar-refractivity contribution in [3.8, 4) is 6.07 Å². The molecule has 80 valence electrons. The van der Waals surface area contributed by atoms with E-state index in [0.29, 0.717) is 17.9 Å². The molecule has 0 radical (unpaired) electrons. The summed E-state index contributed by atoms with van der Waals surface area (Å²) in [5.41, 5.74) is 1.51. The smallest absolute Gasteiger partial charge is 0.146 e. The molecule has 0 aliphatic carbocycles. The molecule has 0 aromatic carbocycles. The molecule has 1 N–H and O–H groups in total. The first kappa shape index (κ1) is 11.5. The lowest BCUT2D eigenvalue weighted by molar-refractivity contribution is 0.302. The fourth-order valence-corrected chi connectivity index (χ4v) is 1.46. The normalized spacial score (nSPS) is 9.73. The van der Waals surface area contributed by atoms with Crippen LogP contribution in [0.2, 0.25) is 0 Å². The SMILES string of the molecule is CCN(CCO)c1nccc(C)c1C#N. The highest BCUT2D eigenvalue weighted by Gasteiger charge is 2.12. The van der Waals surface area contributed by atoms with Gasteiger partial charge in [0.15, 0.2) is 0 Å². The van der Waals surface area contributed by atoms with E-state index in [2.05, 4.69) is 11.1 Å². The van der Waals surface area contributed by atoms with Crippen molar-refractivity contribution in [1.29, 1.82) is 5.26 Å². The summed E-state index contributed by atoms with van der Waals surface area (Å²) in [4.78, 5) is 6.09. The van der Waals surface area contributed by atoms with Crippen LogP contribution < -0.4 is 4.90 Å². The minimum atomic E-state index is 0.0638. The Bertz CT molecular complexity index is 371. The number of aliphatic hydroxyl groups excluding tert-OH is 1. The number of aliphatic hydroxyl groups is 1. The molecule has 0 saturated carbocycles. The van der Waals surface area contributed by atoms with Crippen LogP contribution in [-0.4, -0.2) is 29.8 Å². The Morgan fingerprint density at radius 2 is 2.33 bits per heavy atom. The average Bonchev–Trinajstić information content (AvgIpc) is 2.25. The van der Waals surface area contributed by atoms with Crippen LogP contribution in [0, 0.1) is 18.3 Å². The van der Waals surface area contributed by atoms with Gasteiger partial charge in [-0.25, -0.2) is 4.98 Å². The number of hydrogen-bond acceptors (Lipinski definition) is 4. The maximum absolute atomic E-state index is 9.03. The van der Waals surface area contributed by atoms with Crippen molar-refractivity contribution in [2.45, 2.75) is 13.8 Å². The molecule has 0 spiro atoms. The third-order valence-corrected chi connectivity index (χ3v) is 2.30. The van der Waals surface area contributed by atoms with Crippen LogP contribution in [-0.2, 0) is 0 Å². The van der Waals surface area contributed by atoms with E-state index < -0.39 is 0 Å². The van der Waals surface area contributed by atoms with Crippen molar-refractivity contribution in [3.05, 3.63) is 23.4 Å². The highest BCUT2D eigenvalue weighted by atomic mass is 16.3. The van der Waals surface area contributed by atoms with Gasteiger partial charge in [0.1, 0.15) is 11.9 Å². The van der Waals surface area contributed by atoms with Gasteiger partial charge in [-0.2, -0.15) is 5.26 Å².